The Morgan fingerprint density at radius 2 is 1.82 bits per heavy atom. The van der Waals surface area contributed by atoms with Crippen LogP contribution in [-0.4, -0.2) is 60.2 Å². The largest absolute Gasteiger partial charge is 0.447 e. The van der Waals surface area contributed by atoms with Gasteiger partial charge < -0.3 is 25.3 Å². The highest BCUT2D eigenvalue weighted by molar-refractivity contribution is 7.18. The van der Waals surface area contributed by atoms with E-state index < -0.39 is 0 Å². The third-order valence-corrected chi connectivity index (χ3v) is 11.7. The van der Waals surface area contributed by atoms with E-state index in [2.05, 4.69) is 72.5 Å². The number of likely N-dealkylation sites (tertiary alicyclic amines) is 1. The Morgan fingerprint density at radius 1 is 1.09 bits per heavy atom. The molecule has 3 aromatic rings. The highest BCUT2D eigenvalue weighted by Gasteiger charge is 2.49. The number of fused-ring (bicyclic) bond motifs is 3. The smallest absolute Gasteiger partial charge is 0.407 e. The molecule has 238 valence electrons. The number of aromatic amines is 1. The molecule has 2 aliphatic heterocycles. The Labute approximate surface area is 266 Å². The molecule has 3 aliphatic rings. The molecule has 3 atom stereocenters. The van der Waals surface area contributed by atoms with Gasteiger partial charge in [-0.25, -0.2) is 4.79 Å². The van der Waals surface area contributed by atoms with Gasteiger partial charge in [-0.1, -0.05) is 31.0 Å². The molecule has 3 fully saturated rings. The average molecular weight is 619 g/mol. The molecule has 1 saturated carbocycles. The minimum atomic E-state index is -0.308. The molecule has 3 N–H and O–H groups in total. The fraction of sp³-hybridized carbons (Fsp3) is 0.611. The lowest BCUT2D eigenvalue weighted by molar-refractivity contribution is -0.124. The van der Waals surface area contributed by atoms with Crippen molar-refractivity contribution in [1.29, 1.82) is 0 Å². The summed E-state index contributed by atoms with van der Waals surface area (Å²) in [5, 5.41) is 7.55. The minimum Gasteiger partial charge on any atom is -0.447 e. The number of thiophene rings is 1. The molecule has 7 nitrogen and oxygen atoms in total. The number of carbonyl (C=O) groups is 2. The number of piperidine rings is 2. The van der Waals surface area contributed by atoms with Crippen LogP contribution >= 0.6 is 11.3 Å². The lowest BCUT2D eigenvalue weighted by Crippen LogP contribution is -2.39. The van der Waals surface area contributed by atoms with Gasteiger partial charge in [-0.15, -0.1) is 11.3 Å². The summed E-state index contributed by atoms with van der Waals surface area (Å²) in [6.45, 7) is 16.7. The zero-order valence-corrected chi connectivity index (χ0v) is 28.2. The van der Waals surface area contributed by atoms with Gasteiger partial charge in [0.2, 0.25) is 5.91 Å². The Bertz CT molecular complexity index is 1490. The zero-order chi connectivity index (χ0) is 31.2. The van der Waals surface area contributed by atoms with E-state index in [-0.39, 0.29) is 29.4 Å². The molecular weight excluding hydrogens is 568 g/mol. The summed E-state index contributed by atoms with van der Waals surface area (Å²) in [5.74, 6) is 1.42. The second-order valence-corrected chi connectivity index (χ2v) is 15.7. The number of amides is 2. The molecule has 4 heterocycles. The van der Waals surface area contributed by atoms with E-state index in [4.69, 9.17) is 4.74 Å². The van der Waals surface area contributed by atoms with Crippen LogP contribution in [0.2, 0.25) is 0 Å². The molecule has 1 aliphatic carbocycles. The molecule has 8 heteroatoms. The SMILES string of the molecule is Cc1cc(C)cc(-c2[nH]c3sc(C(C)(C)CC4C5CCC4C(=O)N5)cc3c2CCN2CCC(CNC(=O)OC(C)C)CC2)c1. The van der Waals surface area contributed by atoms with Crippen molar-refractivity contribution in [3.63, 3.8) is 0 Å². The number of aryl methyl sites for hydroxylation is 2. The Kier molecular flexibility index (Phi) is 8.86. The number of carbonyl (C=O) groups excluding carboxylic acids is 2. The lowest BCUT2D eigenvalue weighted by atomic mass is 9.78. The summed E-state index contributed by atoms with van der Waals surface area (Å²) in [7, 11) is 0. The van der Waals surface area contributed by atoms with Gasteiger partial charge in [0, 0.05) is 35.3 Å². The summed E-state index contributed by atoms with van der Waals surface area (Å²) in [4.78, 5) is 33.5. The molecule has 2 aromatic heterocycles. The molecular formula is C36H50N4O3S. The number of H-pyrrole nitrogens is 1. The summed E-state index contributed by atoms with van der Waals surface area (Å²) in [5.41, 5.74) is 6.53. The molecule has 0 spiro atoms. The fourth-order valence-electron chi connectivity index (χ4n) is 7.99. The molecule has 6 rings (SSSR count). The predicted molar refractivity (Wildman–Crippen MR) is 179 cm³/mol. The van der Waals surface area contributed by atoms with Gasteiger partial charge in [-0.3, -0.25) is 4.79 Å². The Balaban J connectivity index is 1.18. The van der Waals surface area contributed by atoms with Gasteiger partial charge in [0.15, 0.2) is 0 Å². The van der Waals surface area contributed by atoms with Crippen molar-refractivity contribution < 1.29 is 14.3 Å². The van der Waals surface area contributed by atoms with Gasteiger partial charge in [0.25, 0.3) is 0 Å². The van der Waals surface area contributed by atoms with Crippen LogP contribution in [0.1, 0.15) is 81.4 Å². The van der Waals surface area contributed by atoms with Crippen molar-refractivity contribution in [1.82, 2.24) is 20.5 Å². The van der Waals surface area contributed by atoms with Crippen molar-refractivity contribution in [2.75, 3.05) is 26.2 Å². The number of alkyl carbamates (subject to hydrolysis) is 1. The Hall–Kier alpha value is -2.84. The van der Waals surface area contributed by atoms with Crippen molar-refractivity contribution in [2.24, 2.45) is 17.8 Å². The van der Waals surface area contributed by atoms with Crippen LogP contribution in [0.15, 0.2) is 24.3 Å². The molecule has 2 amide bonds. The lowest BCUT2D eigenvalue weighted by Gasteiger charge is -2.32. The van der Waals surface area contributed by atoms with Crippen LogP contribution in [0.4, 0.5) is 4.79 Å². The number of benzene rings is 1. The van der Waals surface area contributed by atoms with Crippen LogP contribution in [0.3, 0.4) is 0 Å². The molecule has 0 radical (unpaired) electrons. The maximum absolute atomic E-state index is 12.4. The summed E-state index contributed by atoms with van der Waals surface area (Å²) >= 11 is 1.90. The standard InChI is InChI=1S/C36H50N4O3S/c1-21(2)43-35(42)37-20-24-9-12-40(13-10-24)14-11-26-28-18-31(36(5,6)19-29-27-7-8-30(29)38-33(27)41)44-34(28)39-32(26)25-16-22(3)15-23(4)17-25/h15-18,21,24,27,29-30,39H,7-14,19-20H2,1-6H3,(H,37,42)(H,38,41). The minimum absolute atomic E-state index is 0.0111. The van der Waals surface area contributed by atoms with Crippen LogP contribution in [-0.2, 0) is 21.4 Å². The molecule has 44 heavy (non-hydrogen) atoms. The van der Waals surface area contributed by atoms with Crippen molar-refractivity contribution in [2.45, 2.75) is 97.6 Å². The van der Waals surface area contributed by atoms with E-state index in [9.17, 15) is 9.59 Å². The van der Waals surface area contributed by atoms with Crippen molar-refractivity contribution >= 4 is 33.6 Å². The van der Waals surface area contributed by atoms with Crippen molar-refractivity contribution in [3.8, 4) is 11.3 Å². The number of hydrogen-bond acceptors (Lipinski definition) is 5. The van der Waals surface area contributed by atoms with E-state index in [1.54, 1.807) is 0 Å². The average Bonchev–Trinajstić information content (AvgIpc) is 3.70. The van der Waals surface area contributed by atoms with E-state index in [1.807, 2.05) is 25.2 Å². The maximum Gasteiger partial charge on any atom is 0.407 e. The van der Waals surface area contributed by atoms with Gasteiger partial charge in [-0.05, 0) is 126 Å². The Morgan fingerprint density at radius 3 is 2.45 bits per heavy atom. The topological polar surface area (TPSA) is 86.5 Å². The van der Waals surface area contributed by atoms with Gasteiger partial charge in [-0.2, -0.15) is 0 Å². The number of ether oxygens (including phenoxy) is 1. The first-order valence-corrected chi connectivity index (χ1v) is 17.5. The summed E-state index contributed by atoms with van der Waals surface area (Å²) in [6, 6.07) is 9.67. The first-order valence-electron chi connectivity index (χ1n) is 16.7. The van der Waals surface area contributed by atoms with E-state index >= 15 is 0 Å². The first-order chi connectivity index (χ1) is 21.0. The van der Waals surface area contributed by atoms with E-state index in [0.29, 0.717) is 24.4 Å². The van der Waals surface area contributed by atoms with Gasteiger partial charge in [0.1, 0.15) is 4.83 Å². The fourth-order valence-corrected chi connectivity index (χ4v) is 9.20. The van der Waals surface area contributed by atoms with E-state index in [1.165, 1.54) is 43.0 Å². The molecule has 2 saturated heterocycles. The number of aromatic nitrogens is 1. The number of nitrogens with zero attached hydrogens (tertiary/aromatic N) is 1. The number of nitrogens with one attached hydrogen (secondary N) is 3. The number of rotatable bonds is 10. The van der Waals surface area contributed by atoms with Crippen LogP contribution in [0.5, 0.6) is 0 Å². The number of hydrogen-bond donors (Lipinski definition) is 3. The first kappa shape index (κ1) is 31.2. The molecule has 1 aromatic carbocycles. The second-order valence-electron chi connectivity index (χ2n) is 14.6. The normalized spacial score (nSPS) is 22.7. The monoisotopic (exact) mass is 618 g/mol. The quantitative estimate of drug-likeness (QED) is 0.226. The summed E-state index contributed by atoms with van der Waals surface area (Å²) < 4.78 is 5.23. The van der Waals surface area contributed by atoms with Crippen LogP contribution in [0.25, 0.3) is 21.5 Å². The highest BCUT2D eigenvalue weighted by Crippen LogP contribution is 2.47. The van der Waals surface area contributed by atoms with Crippen LogP contribution in [0, 0.1) is 31.6 Å². The van der Waals surface area contributed by atoms with E-state index in [0.717, 1.165) is 58.2 Å². The third kappa shape index (κ3) is 6.57. The van der Waals surface area contributed by atoms with Gasteiger partial charge >= 0.3 is 6.09 Å². The second kappa shape index (κ2) is 12.5. The zero-order valence-electron chi connectivity index (χ0n) is 27.3. The molecule has 3 unspecified atom stereocenters. The molecule has 2 bridgehead atoms. The highest BCUT2D eigenvalue weighted by atomic mass is 32.1. The van der Waals surface area contributed by atoms with Gasteiger partial charge in [0.05, 0.1) is 11.8 Å². The maximum atomic E-state index is 12.4. The van der Waals surface area contributed by atoms with Crippen LogP contribution < -0.4 is 10.6 Å². The summed E-state index contributed by atoms with van der Waals surface area (Å²) in [6.07, 6.45) is 5.99. The van der Waals surface area contributed by atoms with Crippen molar-refractivity contribution in [3.05, 3.63) is 45.8 Å². The predicted octanol–water partition coefficient (Wildman–Crippen LogP) is 7.09. The third-order valence-electron chi connectivity index (χ3n) is 10.3.